The monoisotopic (exact) mass is 282 g/mol. The van der Waals surface area contributed by atoms with Crippen LogP contribution in [0.2, 0.25) is 0 Å². The molecular formula is C15H23Br. The van der Waals surface area contributed by atoms with E-state index < -0.39 is 0 Å². The summed E-state index contributed by atoms with van der Waals surface area (Å²) in [7, 11) is 0. The van der Waals surface area contributed by atoms with Gasteiger partial charge in [-0.05, 0) is 68.4 Å². The molecule has 0 saturated heterocycles. The highest BCUT2D eigenvalue weighted by molar-refractivity contribution is 9.09. The lowest BCUT2D eigenvalue weighted by molar-refractivity contribution is 0.739. The Kier molecular flexibility index (Phi) is 5.04. The SMILES string of the molecule is CCCC(Br)Cc1c(C)c(C)cc(C)c1C. The van der Waals surface area contributed by atoms with Crippen LogP contribution in [0.4, 0.5) is 0 Å². The van der Waals surface area contributed by atoms with E-state index in [0.29, 0.717) is 4.83 Å². The quantitative estimate of drug-likeness (QED) is 0.680. The fraction of sp³-hybridized carbons (Fsp3) is 0.600. The number of halogens is 1. The summed E-state index contributed by atoms with van der Waals surface area (Å²) in [6, 6.07) is 2.30. The van der Waals surface area contributed by atoms with Gasteiger partial charge in [0.15, 0.2) is 0 Å². The van der Waals surface area contributed by atoms with E-state index in [1.807, 2.05) is 0 Å². The molecule has 1 aromatic rings. The van der Waals surface area contributed by atoms with Crippen LogP contribution in [0, 0.1) is 27.7 Å². The average molecular weight is 283 g/mol. The van der Waals surface area contributed by atoms with Crippen molar-refractivity contribution in [2.24, 2.45) is 0 Å². The summed E-state index contributed by atoms with van der Waals surface area (Å²) in [6.45, 7) is 11.2. The molecule has 0 N–H and O–H groups in total. The Morgan fingerprint density at radius 2 is 1.56 bits per heavy atom. The Bertz CT molecular complexity index is 340. The molecule has 16 heavy (non-hydrogen) atoms. The third-order valence-electron chi connectivity index (χ3n) is 3.55. The van der Waals surface area contributed by atoms with E-state index in [1.54, 1.807) is 5.56 Å². The number of hydrogen-bond donors (Lipinski definition) is 0. The summed E-state index contributed by atoms with van der Waals surface area (Å²) in [4.78, 5) is 0.621. The molecule has 1 unspecified atom stereocenters. The van der Waals surface area contributed by atoms with Crippen molar-refractivity contribution in [3.05, 3.63) is 33.9 Å². The topological polar surface area (TPSA) is 0 Å². The summed E-state index contributed by atoms with van der Waals surface area (Å²) in [5.41, 5.74) is 7.35. The first-order chi connectivity index (χ1) is 7.47. The molecule has 0 radical (unpaired) electrons. The fourth-order valence-corrected chi connectivity index (χ4v) is 3.02. The number of rotatable bonds is 4. The van der Waals surface area contributed by atoms with E-state index in [4.69, 9.17) is 0 Å². The minimum absolute atomic E-state index is 0.621. The number of alkyl halides is 1. The summed E-state index contributed by atoms with van der Waals surface area (Å²) >= 11 is 3.79. The van der Waals surface area contributed by atoms with E-state index >= 15 is 0 Å². The van der Waals surface area contributed by atoms with Gasteiger partial charge in [-0.15, -0.1) is 0 Å². The summed E-state index contributed by atoms with van der Waals surface area (Å²) in [6.07, 6.45) is 3.67. The van der Waals surface area contributed by atoms with Gasteiger partial charge in [-0.1, -0.05) is 35.3 Å². The zero-order valence-corrected chi connectivity index (χ0v) is 12.7. The van der Waals surface area contributed by atoms with Gasteiger partial charge in [0.05, 0.1) is 0 Å². The molecule has 0 aliphatic rings. The molecule has 1 heteroatoms. The van der Waals surface area contributed by atoms with Gasteiger partial charge < -0.3 is 0 Å². The molecule has 0 aliphatic heterocycles. The molecule has 0 aliphatic carbocycles. The summed E-state index contributed by atoms with van der Waals surface area (Å²) < 4.78 is 0. The van der Waals surface area contributed by atoms with E-state index in [1.165, 1.54) is 35.1 Å². The van der Waals surface area contributed by atoms with Crippen molar-refractivity contribution < 1.29 is 0 Å². The van der Waals surface area contributed by atoms with Crippen molar-refractivity contribution >= 4 is 15.9 Å². The zero-order chi connectivity index (χ0) is 12.3. The minimum atomic E-state index is 0.621. The third-order valence-corrected chi connectivity index (χ3v) is 4.33. The molecule has 0 heterocycles. The van der Waals surface area contributed by atoms with Crippen molar-refractivity contribution in [2.75, 3.05) is 0 Å². The van der Waals surface area contributed by atoms with Gasteiger partial charge in [-0.2, -0.15) is 0 Å². The second-order valence-corrected chi connectivity index (χ2v) is 6.12. The van der Waals surface area contributed by atoms with Crippen molar-refractivity contribution in [3.63, 3.8) is 0 Å². The molecule has 0 saturated carbocycles. The van der Waals surface area contributed by atoms with Crippen molar-refractivity contribution in [1.82, 2.24) is 0 Å². The van der Waals surface area contributed by atoms with Crippen molar-refractivity contribution in [2.45, 2.75) is 58.7 Å². The van der Waals surface area contributed by atoms with E-state index in [-0.39, 0.29) is 0 Å². The first kappa shape index (κ1) is 13.8. The second-order valence-electron chi connectivity index (χ2n) is 4.83. The van der Waals surface area contributed by atoms with Gasteiger partial charge in [0.2, 0.25) is 0 Å². The molecule has 1 rings (SSSR count). The molecule has 0 nitrogen and oxygen atoms in total. The Morgan fingerprint density at radius 3 is 2.00 bits per heavy atom. The molecule has 0 spiro atoms. The van der Waals surface area contributed by atoms with E-state index in [2.05, 4.69) is 56.6 Å². The van der Waals surface area contributed by atoms with Crippen molar-refractivity contribution in [1.29, 1.82) is 0 Å². The van der Waals surface area contributed by atoms with Crippen LogP contribution >= 0.6 is 15.9 Å². The van der Waals surface area contributed by atoms with Crippen LogP contribution in [-0.4, -0.2) is 4.83 Å². The van der Waals surface area contributed by atoms with Gasteiger partial charge >= 0.3 is 0 Å². The van der Waals surface area contributed by atoms with Crippen molar-refractivity contribution in [3.8, 4) is 0 Å². The molecule has 0 aromatic heterocycles. The van der Waals surface area contributed by atoms with Crippen LogP contribution < -0.4 is 0 Å². The van der Waals surface area contributed by atoms with Gasteiger partial charge in [-0.3, -0.25) is 0 Å². The minimum Gasteiger partial charge on any atom is -0.0887 e. The predicted octanol–water partition coefficient (Wildman–Crippen LogP) is 5.03. The molecule has 90 valence electrons. The Morgan fingerprint density at radius 1 is 1.06 bits per heavy atom. The van der Waals surface area contributed by atoms with Gasteiger partial charge in [0.1, 0.15) is 0 Å². The second kappa shape index (κ2) is 5.86. The van der Waals surface area contributed by atoms with Crippen LogP contribution in [-0.2, 0) is 6.42 Å². The normalized spacial score (nSPS) is 12.9. The van der Waals surface area contributed by atoms with Gasteiger partial charge in [0.25, 0.3) is 0 Å². The zero-order valence-electron chi connectivity index (χ0n) is 11.2. The first-order valence-corrected chi connectivity index (χ1v) is 7.09. The van der Waals surface area contributed by atoms with Crippen LogP contribution in [0.15, 0.2) is 6.07 Å². The van der Waals surface area contributed by atoms with E-state index in [9.17, 15) is 0 Å². The van der Waals surface area contributed by atoms with Crippen LogP contribution in [0.1, 0.15) is 47.6 Å². The average Bonchev–Trinajstić information content (AvgIpc) is 2.22. The van der Waals surface area contributed by atoms with Gasteiger partial charge in [0, 0.05) is 4.83 Å². The number of aryl methyl sites for hydroxylation is 2. The molecule has 1 aromatic carbocycles. The van der Waals surface area contributed by atoms with Crippen LogP contribution in [0.5, 0.6) is 0 Å². The predicted molar refractivity (Wildman–Crippen MR) is 76.7 cm³/mol. The molecule has 0 fully saturated rings. The smallest absolute Gasteiger partial charge is 0.0186 e. The largest absolute Gasteiger partial charge is 0.0887 e. The Hall–Kier alpha value is -0.300. The molecule has 0 amide bonds. The Balaban J connectivity index is 3.03. The highest BCUT2D eigenvalue weighted by Gasteiger charge is 2.12. The van der Waals surface area contributed by atoms with Crippen LogP contribution in [0.25, 0.3) is 0 Å². The summed E-state index contributed by atoms with van der Waals surface area (Å²) in [5, 5.41) is 0. The standard InChI is InChI=1S/C15H23Br/c1-6-7-14(16)9-15-12(4)10(2)8-11(3)13(15)5/h8,14H,6-7,9H2,1-5H3. The molecule has 0 bridgehead atoms. The maximum absolute atomic E-state index is 3.79. The lowest BCUT2D eigenvalue weighted by atomic mass is 9.91. The summed E-state index contributed by atoms with van der Waals surface area (Å²) in [5.74, 6) is 0. The highest BCUT2D eigenvalue weighted by atomic mass is 79.9. The van der Waals surface area contributed by atoms with E-state index in [0.717, 1.165) is 6.42 Å². The molecular weight excluding hydrogens is 260 g/mol. The fourth-order valence-electron chi connectivity index (χ4n) is 2.24. The lowest BCUT2D eigenvalue weighted by Crippen LogP contribution is -2.07. The van der Waals surface area contributed by atoms with Crippen LogP contribution in [0.3, 0.4) is 0 Å². The third kappa shape index (κ3) is 3.10. The number of benzene rings is 1. The maximum atomic E-state index is 3.79. The maximum Gasteiger partial charge on any atom is 0.0186 e. The first-order valence-electron chi connectivity index (χ1n) is 6.17. The lowest BCUT2D eigenvalue weighted by Gasteiger charge is -2.17. The Labute approximate surface area is 109 Å². The highest BCUT2D eigenvalue weighted by Crippen LogP contribution is 2.25. The number of hydrogen-bond acceptors (Lipinski definition) is 0. The van der Waals surface area contributed by atoms with Gasteiger partial charge in [-0.25, -0.2) is 0 Å². The molecule has 1 atom stereocenters.